The Bertz CT molecular complexity index is 748. The first-order valence-electron chi connectivity index (χ1n) is 6.34. The van der Waals surface area contributed by atoms with Crippen molar-refractivity contribution in [3.63, 3.8) is 0 Å². The van der Waals surface area contributed by atoms with Gasteiger partial charge in [-0.3, -0.25) is 4.98 Å². The molecule has 0 amide bonds. The van der Waals surface area contributed by atoms with Crippen molar-refractivity contribution >= 4 is 22.4 Å². The molecule has 19 heavy (non-hydrogen) atoms. The number of para-hydroxylation sites is 1. The molecule has 2 aromatic heterocycles. The predicted molar refractivity (Wildman–Crippen MR) is 74.5 cm³/mol. The molecule has 3 aromatic rings. The third-order valence-electron chi connectivity index (χ3n) is 3.56. The average molecular weight is 248 g/mol. The van der Waals surface area contributed by atoms with Gasteiger partial charge in [0.1, 0.15) is 12.1 Å². The molecule has 1 aliphatic rings. The molecule has 92 valence electrons. The van der Waals surface area contributed by atoms with E-state index in [-0.39, 0.29) is 0 Å². The van der Waals surface area contributed by atoms with E-state index in [0.29, 0.717) is 0 Å². The molecule has 0 aliphatic carbocycles. The highest BCUT2D eigenvalue weighted by atomic mass is 15.2. The van der Waals surface area contributed by atoms with Gasteiger partial charge in [-0.15, -0.1) is 0 Å². The van der Waals surface area contributed by atoms with Crippen molar-refractivity contribution in [2.75, 3.05) is 11.4 Å². The SMILES string of the molecule is c1ccc2c(c1)CCN2c1ncnc2cnccc12. The monoisotopic (exact) mass is 248 g/mol. The highest BCUT2D eigenvalue weighted by Crippen LogP contribution is 2.35. The molecule has 1 aliphatic heterocycles. The summed E-state index contributed by atoms with van der Waals surface area (Å²) in [5.74, 6) is 0.970. The van der Waals surface area contributed by atoms with Crippen LogP contribution in [0.3, 0.4) is 0 Å². The lowest BCUT2D eigenvalue weighted by atomic mass is 10.2. The second-order valence-electron chi connectivity index (χ2n) is 4.62. The van der Waals surface area contributed by atoms with Crippen molar-refractivity contribution in [3.05, 3.63) is 54.6 Å². The number of anilines is 2. The zero-order valence-electron chi connectivity index (χ0n) is 10.3. The van der Waals surface area contributed by atoms with Crippen LogP contribution < -0.4 is 4.90 Å². The van der Waals surface area contributed by atoms with E-state index in [1.54, 1.807) is 18.7 Å². The van der Waals surface area contributed by atoms with Gasteiger partial charge < -0.3 is 4.90 Å². The second kappa shape index (κ2) is 4.02. The molecule has 4 heteroatoms. The third kappa shape index (κ3) is 1.57. The molecule has 0 unspecified atom stereocenters. The highest BCUT2D eigenvalue weighted by Gasteiger charge is 2.22. The molecule has 0 bridgehead atoms. The molecule has 4 rings (SSSR count). The fourth-order valence-electron chi connectivity index (χ4n) is 2.67. The van der Waals surface area contributed by atoms with Crippen LogP contribution in [0, 0.1) is 0 Å². The Hall–Kier alpha value is -2.49. The summed E-state index contributed by atoms with van der Waals surface area (Å²) in [6, 6.07) is 10.5. The molecular weight excluding hydrogens is 236 g/mol. The minimum atomic E-state index is 0.886. The van der Waals surface area contributed by atoms with Gasteiger partial charge in [0.05, 0.1) is 11.7 Å². The molecule has 0 atom stereocenters. The van der Waals surface area contributed by atoms with Crippen LogP contribution in [-0.4, -0.2) is 21.5 Å². The first-order valence-corrected chi connectivity index (χ1v) is 6.34. The van der Waals surface area contributed by atoms with E-state index in [0.717, 1.165) is 29.7 Å². The van der Waals surface area contributed by atoms with E-state index < -0.39 is 0 Å². The first-order chi connectivity index (χ1) is 9.43. The van der Waals surface area contributed by atoms with Crippen molar-refractivity contribution in [2.24, 2.45) is 0 Å². The van der Waals surface area contributed by atoms with Crippen LogP contribution in [0.1, 0.15) is 5.56 Å². The Labute approximate surface area is 110 Å². The van der Waals surface area contributed by atoms with Crippen LogP contribution in [0.5, 0.6) is 0 Å². The molecule has 0 radical (unpaired) electrons. The molecule has 0 spiro atoms. The standard InChI is InChI=1S/C15H12N4/c1-2-4-14-11(3-1)6-8-19(14)15-12-5-7-16-9-13(12)17-10-18-15/h1-5,7,9-10H,6,8H2. The zero-order valence-corrected chi connectivity index (χ0v) is 10.3. The molecule has 0 N–H and O–H groups in total. The van der Waals surface area contributed by atoms with Gasteiger partial charge in [-0.2, -0.15) is 0 Å². The first kappa shape index (κ1) is 10.4. The lowest BCUT2D eigenvalue weighted by molar-refractivity contribution is 0.974. The molecule has 0 fully saturated rings. The Kier molecular flexibility index (Phi) is 2.21. The minimum Gasteiger partial charge on any atom is -0.325 e. The van der Waals surface area contributed by atoms with Crippen molar-refractivity contribution in [3.8, 4) is 0 Å². The Balaban J connectivity index is 1.93. The van der Waals surface area contributed by atoms with E-state index >= 15 is 0 Å². The molecule has 4 nitrogen and oxygen atoms in total. The van der Waals surface area contributed by atoms with Gasteiger partial charge in [0.2, 0.25) is 0 Å². The second-order valence-corrected chi connectivity index (χ2v) is 4.62. The summed E-state index contributed by atoms with van der Waals surface area (Å²) in [6.07, 6.45) is 6.24. The Morgan fingerprint density at radius 2 is 2.00 bits per heavy atom. The average Bonchev–Trinajstić information content (AvgIpc) is 2.90. The normalized spacial score (nSPS) is 13.8. The summed E-state index contributed by atoms with van der Waals surface area (Å²) in [6.45, 7) is 0.966. The summed E-state index contributed by atoms with van der Waals surface area (Å²) in [5.41, 5.74) is 3.51. The maximum Gasteiger partial charge on any atom is 0.144 e. The number of nitrogens with zero attached hydrogens (tertiary/aromatic N) is 4. The summed E-state index contributed by atoms with van der Waals surface area (Å²) >= 11 is 0. The number of rotatable bonds is 1. The van der Waals surface area contributed by atoms with Gasteiger partial charge in [0.15, 0.2) is 0 Å². The summed E-state index contributed by atoms with van der Waals surface area (Å²) in [4.78, 5) is 15.1. The van der Waals surface area contributed by atoms with E-state index in [9.17, 15) is 0 Å². The Morgan fingerprint density at radius 1 is 1.05 bits per heavy atom. The number of pyridine rings is 1. The topological polar surface area (TPSA) is 41.9 Å². The number of fused-ring (bicyclic) bond motifs is 2. The van der Waals surface area contributed by atoms with Crippen LogP contribution in [0.25, 0.3) is 10.9 Å². The van der Waals surface area contributed by atoms with Crippen LogP contribution in [-0.2, 0) is 6.42 Å². The molecule has 3 heterocycles. The largest absolute Gasteiger partial charge is 0.325 e. The van der Waals surface area contributed by atoms with Crippen LogP contribution in [0.15, 0.2) is 49.1 Å². The van der Waals surface area contributed by atoms with E-state index in [1.807, 2.05) is 6.07 Å². The van der Waals surface area contributed by atoms with Crippen LogP contribution in [0.2, 0.25) is 0 Å². The fourth-order valence-corrected chi connectivity index (χ4v) is 2.67. The predicted octanol–water partition coefficient (Wildman–Crippen LogP) is 2.72. The Morgan fingerprint density at radius 3 is 3.00 bits per heavy atom. The summed E-state index contributed by atoms with van der Waals surface area (Å²) in [5, 5.41) is 1.05. The van der Waals surface area contributed by atoms with Crippen molar-refractivity contribution < 1.29 is 0 Å². The van der Waals surface area contributed by atoms with Crippen molar-refractivity contribution in [1.29, 1.82) is 0 Å². The zero-order chi connectivity index (χ0) is 12.7. The number of aromatic nitrogens is 3. The number of hydrogen-bond donors (Lipinski definition) is 0. The van der Waals surface area contributed by atoms with Crippen molar-refractivity contribution in [1.82, 2.24) is 15.0 Å². The minimum absolute atomic E-state index is 0.886. The quantitative estimate of drug-likeness (QED) is 0.664. The highest BCUT2D eigenvalue weighted by molar-refractivity contribution is 5.91. The van der Waals surface area contributed by atoms with Crippen molar-refractivity contribution in [2.45, 2.75) is 6.42 Å². The van der Waals surface area contributed by atoms with Crippen LogP contribution in [0.4, 0.5) is 11.5 Å². The van der Waals surface area contributed by atoms with Crippen LogP contribution >= 0.6 is 0 Å². The van der Waals surface area contributed by atoms with Gasteiger partial charge in [-0.05, 0) is 24.1 Å². The van der Waals surface area contributed by atoms with E-state index in [4.69, 9.17) is 0 Å². The number of benzene rings is 1. The number of hydrogen-bond acceptors (Lipinski definition) is 4. The van der Waals surface area contributed by atoms with Gasteiger partial charge in [0, 0.05) is 23.8 Å². The van der Waals surface area contributed by atoms with Gasteiger partial charge in [-0.25, -0.2) is 9.97 Å². The summed E-state index contributed by atoms with van der Waals surface area (Å²) in [7, 11) is 0. The van der Waals surface area contributed by atoms with Gasteiger partial charge in [0.25, 0.3) is 0 Å². The van der Waals surface area contributed by atoms with E-state index in [1.165, 1.54) is 11.3 Å². The molecule has 0 saturated carbocycles. The maximum atomic E-state index is 4.47. The third-order valence-corrected chi connectivity index (χ3v) is 3.56. The van der Waals surface area contributed by atoms with Gasteiger partial charge >= 0.3 is 0 Å². The lowest BCUT2D eigenvalue weighted by Gasteiger charge is -2.19. The smallest absolute Gasteiger partial charge is 0.144 e. The fraction of sp³-hybridized carbons (Fsp3) is 0.133. The lowest BCUT2D eigenvalue weighted by Crippen LogP contribution is -2.15. The maximum absolute atomic E-state index is 4.47. The summed E-state index contributed by atoms with van der Waals surface area (Å²) < 4.78 is 0. The van der Waals surface area contributed by atoms with E-state index in [2.05, 4.69) is 44.1 Å². The molecule has 0 saturated heterocycles. The molecular formula is C15H12N4. The van der Waals surface area contributed by atoms with Gasteiger partial charge in [-0.1, -0.05) is 18.2 Å². The molecule has 1 aromatic carbocycles.